The Balaban J connectivity index is 1.65. The Morgan fingerprint density at radius 1 is 1.14 bits per heavy atom. The van der Waals surface area contributed by atoms with E-state index in [9.17, 15) is 5.11 Å². The third-order valence-corrected chi connectivity index (χ3v) is 4.75. The number of guanidine groups is 1. The summed E-state index contributed by atoms with van der Waals surface area (Å²) in [7, 11) is 0. The van der Waals surface area contributed by atoms with Gasteiger partial charge in [0.05, 0.1) is 6.10 Å². The molecule has 0 spiro atoms. The van der Waals surface area contributed by atoms with Crippen molar-refractivity contribution in [2.45, 2.75) is 70.4 Å². The Morgan fingerprint density at radius 2 is 1.86 bits per heavy atom. The molecule has 0 atom stereocenters. The van der Waals surface area contributed by atoms with Gasteiger partial charge in [0.15, 0.2) is 5.96 Å². The van der Waals surface area contributed by atoms with Gasteiger partial charge in [-0.05, 0) is 45.6 Å². The molecule has 0 bridgehead atoms. The minimum atomic E-state index is -0.0747. The first kappa shape index (κ1) is 17.5. The highest BCUT2D eigenvalue weighted by molar-refractivity contribution is 5.80. The summed E-state index contributed by atoms with van der Waals surface area (Å²) in [5.74, 6) is 0.989. The molecule has 0 aromatic carbocycles. The molecule has 1 saturated heterocycles. The summed E-state index contributed by atoms with van der Waals surface area (Å²) >= 11 is 0. The lowest BCUT2D eigenvalue weighted by Crippen LogP contribution is -2.44. The number of likely N-dealkylation sites (tertiary alicyclic amines) is 1. The maximum atomic E-state index is 9.52. The van der Waals surface area contributed by atoms with Crippen molar-refractivity contribution < 1.29 is 5.11 Å². The van der Waals surface area contributed by atoms with Crippen molar-refractivity contribution in [3.63, 3.8) is 0 Å². The molecule has 5 heteroatoms. The maximum absolute atomic E-state index is 9.52. The van der Waals surface area contributed by atoms with E-state index in [4.69, 9.17) is 4.99 Å². The first-order chi connectivity index (χ1) is 10.8. The second kappa shape index (κ2) is 10.1. The van der Waals surface area contributed by atoms with Crippen LogP contribution < -0.4 is 10.6 Å². The molecule has 1 heterocycles. The average Bonchev–Trinajstić information content (AvgIpc) is 2.54. The van der Waals surface area contributed by atoms with Gasteiger partial charge in [-0.2, -0.15) is 0 Å². The Hall–Kier alpha value is -0.810. The fourth-order valence-corrected chi connectivity index (χ4v) is 3.39. The molecule has 0 aromatic heterocycles. The van der Waals surface area contributed by atoms with Crippen molar-refractivity contribution >= 4 is 5.96 Å². The van der Waals surface area contributed by atoms with Crippen LogP contribution in [-0.2, 0) is 0 Å². The average molecular weight is 310 g/mol. The molecule has 0 amide bonds. The molecule has 1 aliphatic heterocycles. The summed E-state index contributed by atoms with van der Waals surface area (Å²) in [5, 5.41) is 16.5. The van der Waals surface area contributed by atoms with E-state index in [1.807, 2.05) is 0 Å². The molecule has 2 aliphatic rings. The summed E-state index contributed by atoms with van der Waals surface area (Å²) in [5.41, 5.74) is 0. The Morgan fingerprint density at radius 3 is 2.55 bits per heavy atom. The highest BCUT2D eigenvalue weighted by Gasteiger charge is 2.16. The molecule has 0 unspecified atom stereocenters. The molecular formula is C17H34N4O. The van der Waals surface area contributed by atoms with Crippen molar-refractivity contribution in [1.29, 1.82) is 0 Å². The van der Waals surface area contributed by atoms with Gasteiger partial charge in [-0.15, -0.1) is 0 Å². The lowest BCUT2D eigenvalue weighted by atomic mass is 9.96. The molecular weight excluding hydrogens is 276 g/mol. The monoisotopic (exact) mass is 310 g/mol. The number of aliphatic hydroxyl groups excluding tert-OH is 1. The normalized spacial score (nSPS) is 22.7. The minimum Gasteiger partial charge on any atom is -0.393 e. The van der Waals surface area contributed by atoms with Gasteiger partial charge in [0.25, 0.3) is 0 Å². The molecule has 5 nitrogen and oxygen atoms in total. The second-order valence-corrected chi connectivity index (χ2v) is 6.67. The number of aliphatic imine (C=N–C) groups is 1. The van der Waals surface area contributed by atoms with E-state index in [-0.39, 0.29) is 6.10 Å². The van der Waals surface area contributed by atoms with Gasteiger partial charge in [0, 0.05) is 32.2 Å². The summed E-state index contributed by atoms with van der Waals surface area (Å²) in [6.07, 6.45) is 9.50. The fourth-order valence-electron chi connectivity index (χ4n) is 3.39. The number of hydrogen-bond donors (Lipinski definition) is 3. The number of rotatable bonds is 6. The highest BCUT2D eigenvalue weighted by Crippen LogP contribution is 2.17. The topological polar surface area (TPSA) is 59.9 Å². The van der Waals surface area contributed by atoms with Gasteiger partial charge >= 0.3 is 0 Å². The van der Waals surface area contributed by atoms with E-state index < -0.39 is 0 Å². The smallest absolute Gasteiger partial charge is 0.191 e. The Kier molecular flexibility index (Phi) is 8.02. The molecule has 3 N–H and O–H groups in total. The van der Waals surface area contributed by atoms with Crippen LogP contribution in [0.1, 0.15) is 58.3 Å². The van der Waals surface area contributed by atoms with Crippen LogP contribution in [0.5, 0.6) is 0 Å². The van der Waals surface area contributed by atoms with E-state index in [1.165, 1.54) is 32.1 Å². The molecule has 128 valence electrons. The lowest BCUT2D eigenvalue weighted by Gasteiger charge is -2.29. The molecule has 2 rings (SSSR count). The summed E-state index contributed by atoms with van der Waals surface area (Å²) in [6.45, 7) is 7.08. The minimum absolute atomic E-state index is 0.0747. The molecule has 22 heavy (non-hydrogen) atoms. The third-order valence-electron chi connectivity index (χ3n) is 4.75. The second-order valence-electron chi connectivity index (χ2n) is 6.67. The lowest BCUT2D eigenvalue weighted by molar-refractivity contribution is 0.0824. The number of hydrogen-bond acceptors (Lipinski definition) is 3. The van der Waals surface area contributed by atoms with Crippen molar-refractivity contribution in [2.75, 3.05) is 32.7 Å². The van der Waals surface area contributed by atoms with Crippen molar-refractivity contribution in [2.24, 2.45) is 4.99 Å². The quantitative estimate of drug-likeness (QED) is 0.397. The van der Waals surface area contributed by atoms with Gasteiger partial charge < -0.3 is 20.6 Å². The SMILES string of the molecule is CCNC(=NCCCN1CCC(O)CC1)NC1CCCCC1. The number of piperidine rings is 1. The largest absolute Gasteiger partial charge is 0.393 e. The standard InChI is InChI=1S/C17H34N4O/c1-2-18-17(20-15-7-4-3-5-8-15)19-11-6-12-21-13-9-16(22)10-14-21/h15-16,22H,2-14H2,1H3,(H2,18,19,20). The van der Waals surface area contributed by atoms with Crippen LogP contribution in [0.2, 0.25) is 0 Å². The van der Waals surface area contributed by atoms with E-state index in [0.717, 1.165) is 57.9 Å². The number of nitrogens with one attached hydrogen (secondary N) is 2. The summed E-state index contributed by atoms with van der Waals surface area (Å²) in [4.78, 5) is 7.17. The maximum Gasteiger partial charge on any atom is 0.191 e. The van der Waals surface area contributed by atoms with E-state index in [1.54, 1.807) is 0 Å². The van der Waals surface area contributed by atoms with Gasteiger partial charge in [0.2, 0.25) is 0 Å². The number of nitrogens with zero attached hydrogens (tertiary/aromatic N) is 2. The zero-order chi connectivity index (χ0) is 15.6. The molecule has 0 radical (unpaired) electrons. The Labute approximate surface area is 135 Å². The van der Waals surface area contributed by atoms with Crippen LogP contribution in [0, 0.1) is 0 Å². The molecule has 0 aromatic rings. The Bertz CT molecular complexity index is 321. The van der Waals surface area contributed by atoms with E-state index in [0.29, 0.717) is 6.04 Å². The molecule has 1 saturated carbocycles. The first-order valence-corrected chi connectivity index (χ1v) is 9.23. The van der Waals surface area contributed by atoms with Crippen LogP contribution in [0.15, 0.2) is 4.99 Å². The third kappa shape index (κ3) is 6.53. The van der Waals surface area contributed by atoms with Crippen LogP contribution in [-0.4, -0.2) is 60.8 Å². The van der Waals surface area contributed by atoms with Gasteiger partial charge in [-0.1, -0.05) is 19.3 Å². The summed E-state index contributed by atoms with van der Waals surface area (Å²) in [6, 6.07) is 0.607. The predicted molar refractivity (Wildman–Crippen MR) is 92.3 cm³/mol. The van der Waals surface area contributed by atoms with Crippen molar-refractivity contribution in [1.82, 2.24) is 15.5 Å². The zero-order valence-corrected chi connectivity index (χ0v) is 14.2. The van der Waals surface area contributed by atoms with Crippen LogP contribution >= 0.6 is 0 Å². The van der Waals surface area contributed by atoms with E-state index >= 15 is 0 Å². The highest BCUT2D eigenvalue weighted by atomic mass is 16.3. The fraction of sp³-hybridized carbons (Fsp3) is 0.941. The van der Waals surface area contributed by atoms with Crippen molar-refractivity contribution in [3.8, 4) is 0 Å². The van der Waals surface area contributed by atoms with Crippen molar-refractivity contribution in [3.05, 3.63) is 0 Å². The van der Waals surface area contributed by atoms with Gasteiger partial charge in [0.1, 0.15) is 0 Å². The molecule has 2 fully saturated rings. The predicted octanol–water partition coefficient (Wildman–Crippen LogP) is 1.72. The first-order valence-electron chi connectivity index (χ1n) is 9.23. The van der Waals surface area contributed by atoms with Gasteiger partial charge in [-0.3, -0.25) is 4.99 Å². The zero-order valence-electron chi connectivity index (χ0n) is 14.2. The van der Waals surface area contributed by atoms with Crippen LogP contribution in [0.25, 0.3) is 0 Å². The number of aliphatic hydroxyl groups is 1. The van der Waals surface area contributed by atoms with Crippen LogP contribution in [0.3, 0.4) is 0 Å². The van der Waals surface area contributed by atoms with Gasteiger partial charge in [-0.25, -0.2) is 0 Å². The summed E-state index contributed by atoms with van der Waals surface area (Å²) < 4.78 is 0. The van der Waals surface area contributed by atoms with E-state index in [2.05, 4.69) is 22.5 Å². The van der Waals surface area contributed by atoms with Crippen LogP contribution in [0.4, 0.5) is 0 Å². The molecule has 1 aliphatic carbocycles.